The molecule has 0 amide bonds. The number of rotatable bonds is 1. The summed E-state index contributed by atoms with van der Waals surface area (Å²) < 4.78 is 0. The topological polar surface area (TPSA) is 26.0 Å². The zero-order valence-electron chi connectivity index (χ0n) is 9.19. The predicted octanol–water partition coefficient (Wildman–Crippen LogP) is 2.78. The summed E-state index contributed by atoms with van der Waals surface area (Å²) in [7, 11) is 0. The monoisotopic (exact) mass is 209 g/mol. The first kappa shape index (κ1) is 9.61. The molecule has 0 saturated carbocycles. The Kier molecular flexibility index (Phi) is 2.26. The van der Waals surface area contributed by atoms with Gasteiger partial charge in [-0.15, -0.1) is 0 Å². The minimum atomic E-state index is 0.320. The van der Waals surface area contributed by atoms with Gasteiger partial charge in [0.05, 0.1) is 0 Å². The van der Waals surface area contributed by atoms with E-state index in [1.54, 1.807) is 0 Å². The van der Waals surface area contributed by atoms with Crippen LogP contribution in [0.25, 0.3) is 11.1 Å². The van der Waals surface area contributed by atoms with Crippen LogP contribution < -0.4 is 5.73 Å². The Morgan fingerprint density at radius 2 is 1.56 bits per heavy atom. The maximum absolute atomic E-state index is 5.97. The summed E-state index contributed by atoms with van der Waals surface area (Å²) in [4.78, 5) is 0. The van der Waals surface area contributed by atoms with Gasteiger partial charge in [-0.05, 0) is 35.1 Å². The molecule has 1 heteroatoms. The van der Waals surface area contributed by atoms with Crippen LogP contribution in [0.15, 0.2) is 48.5 Å². The summed E-state index contributed by atoms with van der Waals surface area (Å²) in [5.41, 5.74) is 11.4. The molecular weight excluding hydrogens is 194 g/mol. The molecule has 1 aliphatic rings. The molecule has 1 aliphatic carbocycles. The molecule has 0 spiro atoms. The Labute approximate surface area is 95.9 Å². The van der Waals surface area contributed by atoms with Crippen LogP contribution in [0.4, 0.5) is 0 Å². The van der Waals surface area contributed by atoms with Crippen LogP contribution in [-0.2, 0) is 12.8 Å². The molecule has 2 N–H and O–H groups in total. The number of hydrogen-bond donors (Lipinski definition) is 1. The van der Waals surface area contributed by atoms with Crippen molar-refractivity contribution in [2.24, 2.45) is 5.73 Å². The zero-order chi connectivity index (χ0) is 11.0. The van der Waals surface area contributed by atoms with Crippen molar-refractivity contribution in [3.63, 3.8) is 0 Å². The Bertz CT molecular complexity index is 502. The fraction of sp³-hybridized carbons (Fsp3) is 0.200. The molecule has 0 radical (unpaired) electrons. The molecule has 2 aromatic rings. The molecule has 0 saturated heterocycles. The van der Waals surface area contributed by atoms with E-state index in [0.29, 0.717) is 6.04 Å². The summed E-state index contributed by atoms with van der Waals surface area (Å²) in [6.07, 6.45) is 2.06. The van der Waals surface area contributed by atoms with Crippen molar-refractivity contribution in [2.45, 2.75) is 18.9 Å². The zero-order valence-corrected chi connectivity index (χ0v) is 9.19. The quantitative estimate of drug-likeness (QED) is 0.768. The highest BCUT2D eigenvalue weighted by atomic mass is 14.6. The van der Waals surface area contributed by atoms with Gasteiger partial charge in [0.25, 0.3) is 0 Å². The third-order valence-electron chi connectivity index (χ3n) is 3.28. The molecule has 0 aliphatic heterocycles. The third-order valence-corrected chi connectivity index (χ3v) is 3.28. The fourth-order valence-corrected chi connectivity index (χ4v) is 2.46. The van der Waals surface area contributed by atoms with E-state index in [9.17, 15) is 0 Å². The lowest BCUT2D eigenvalue weighted by molar-refractivity contribution is 0.721. The van der Waals surface area contributed by atoms with Gasteiger partial charge in [0, 0.05) is 6.04 Å². The highest BCUT2D eigenvalue weighted by molar-refractivity contribution is 5.65. The highest BCUT2D eigenvalue weighted by Gasteiger charge is 2.17. The number of fused-ring (bicyclic) bond motifs is 1. The van der Waals surface area contributed by atoms with Crippen LogP contribution in [0, 0.1) is 0 Å². The summed E-state index contributed by atoms with van der Waals surface area (Å²) >= 11 is 0. The molecule has 0 bridgehead atoms. The van der Waals surface area contributed by atoms with Gasteiger partial charge in [0.2, 0.25) is 0 Å². The minimum Gasteiger partial charge on any atom is -0.327 e. The van der Waals surface area contributed by atoms with Gasteiger partial charge in [-0.1, -0.05) is 48.5 Å². The predicted molar refractivity (Wildman–Crippen MR) is 67.3 cm³/mol. The van der Waals surface area contributed by atoms with Gasteiger partial charge in [-0.25, -0.2) is 0 Å². The molecule has 80 valence electrons. The van der Waals surface area contributed by atoms with E-state index in [1.165, 1.54) is 22.3 Å². The second kappa shape index (κ2) is 3.76. The lowest BCUT2D eigenvalue weighted by Crippen LogP contribution is -2.18. The first-order chi connectivity index (χ1) is 7.83. The van der Waals surface area contributed by atoms with Gasteiger partial charge >= 0.3 is 0 Å². The third kappa shape index (κ3) is 1.63. The standard InChI is InChI=1S/C15H15N/c16-15-9-13-7-6-12(8-14(13)10-15)11-4-2-1-3-5-11/h1-8,15H,9-10,16H2. The van der Waals surface area contributed by atoms with E-state index in [4.69, 9.17) is 5.73 Å². The number of nitrogens with two attached hydrogens (primary N) is 1. The Balaban J connectivity index is 2.03. The molecule has 1 nitrogen and oxygen atoms in total. The molecule has 2 aromatic carbocycles. The normalized spacial score (nSPS) is 18.4. The second-order valence-corrected chi connectivity index (χ2v) is 4.52. The van der Waals surface area contributed by atoms with Crippen LogP contribution in [0.3, 0.4) is 0 Å². The SMILES string of the molecule is NC1Cc2ccc(-c3ccccc3)cc2C1. The van der Waals surface area contributed by atoms with E-state index in [0.717, 1.165) is 12.8 Å². The van der Waals surface area contributed by atoms with Crippen molar-refractivity contribution in [2.75, 3.05) is 0 Å². The van der Waals surface area contributed by atoms with Crippen molar-refractivity contribution in [1.82, 2.24) is 0 Å². The van der Waals surface area contributed by atoms with Gasteiger partial charge in [0.1, 0.15) is 0 Å². The Morgan fingerprint density at radius 1 is 0.812 bits per heavy atom. The smallest absolute Gasteiger partial charge is 0.0120 e. The van der Waals surface area contributed by atoms with Crippen LogP contribution in [0.2, 0.25) is 0 Å². The lowest BCUT2D eigenvalue weighted by atomic mass is 10.0. The van der Waals surface area contributed by atoms with Gasteiger partial charge < -0.3 is 5.73 Å². The van der Waals surface area contributed by atoms with Crippen molar-refractivity contribution < 1.29 is 0 Å². The van der Waals surface area contributed by atoms with Crippen LogP contribution in [0.1, 0.15) is 11.1 Å². The fourth-order valence-electron chi connectivity index (χ4n) is 2.46. The van der Waals surface area contributed by atoms with Crippen molar-refractivity contribution in [3.8, 4) is 11.1 Å². The average molecular weight is 209 g/mol. The van der Waals surface area contributed by atoms with Crippen LogP contribution in [0.5, 0.6) is 0 Å². The van der Waals surface area contributed by atoms with Crippen LogP contribution in [-0.4, -0.2) is 6.04 Å². The number of hydrogen-bond acceptors (Lipinski definition) is 1. The molecule has 0 fully saturated rings. The first-order valence-corrected chi connectivity index (χ1v) is 5.76. The van der Waals surface area contributed by atoms with Gasteiger partial charge in [0.15, 0.2) is 0 Å². The lowest BCUT2D eigenvalue weighted by Gasteiger charge is -2.04. The molecular formula is C15H15N. The van der Waals surface area contributed by atoms with Crippen molar-refractivity contribution >= 4 is 0 Å². The van der Waals surface area contributed by atoms with E-state index >= 15 is 0 Å². The van der Waals surface area contributed by atoms with Gasteiger partial charge in [-0.2, -0.15) is 0 Å². The molecule has 1 atom stereocenters. The summed E-state index contributed by atoms with van der Waals surface area (Å²) in [5.74, 6) is 0. The van der Waals surface area contributed by atoms with E-state index in [-0.39, 0.29) is 0 Å². The van der Waals surface area contributed by atoms with E-state index in [2.05, 4.69) is 42.5 Å². The first-order valence-electron chi connectivity index (χ1n) is 5.76. The maximum atomic E-state index is 5.97. The number of benzene rings is 2. The summed E-state index contributed by atoms with van der Waals surface area (Å²) in [6, 6.07) is 17.5. The van der Waals surface area contributed by atoms with Crippen LogP contribution >= 0.6 is 0 Å². The molecule has 1 unspecified atom stereocenters. The van der Waals surface area contributed by atoms with E-state index < -0.39 is 0 Å². The summed E-state index contributed by atoms with van der Waals surface area (Å²) in [5, 5.41) is 0. The highest BCUT2D eigenvalue weighted by Crippen LogP contribution is 2.27. The van der Waals surface area contributed by atoms with Gasteiger partial charge in [-0.3, -0.25) is 0 Å². The minimum absolute atomic E-state index is 0.320. The second-order valence-electron chi connectivity index (χ2n) is 4.52. The Hall–Kier alpha value is -1.60. The van der Waals surface area contributed by atoms with Crippen molar-refractivity contribution in [3.05, 3.63) is 59.7 Å². The molecule has 16 heavy (non-hydrogen) atoms. The van der Waals surface area contributed by atoms with E-state index in [1.807, 2.05) is 6.07 Å². The summed E-state index contributed by atoms with van der Waals surface area (Å²) in [6.45, 7) is 0. The molecule has 0 heterocycles. The average Bonchev–Trinajstić information content (AvgIpc) is 2.69. The molecule has 3 rings (SSSR count). The molecule has 0 aromatic heterocycles. The Morgan fingerprint density at radius 3 is 2.38 bits per heavy atom. The maximum Gasteiger partial charge on any atom is 0.0120 e. The van der Waals surface area contributed by atoms with Crippen molar-refractivity contribution in [1.29, 1.82) is 0 Å². The largest absolute Gasteiger partial charge is 0.327 e.